The fraction of sp³-hybridized carbons (Fsp3) is 0.524. The fourth-order valence-corrected chi connectivity index (χ4v) is 3.63. The summed E-state index contributed by atoms with van der Waals surface area (Å²) in [6.07, 6.45) is 2.17. The maximum absolute atomic E-state index is 12.5. The van der Waals surface area contributed by atoms with Crippen molar-refractivity contribution in [2.45, 2.75) is 45.1 Å². The third-order valence-corrected chi connectivity index (χ3v) is 5.12. The normalized spacial score (nSPS) is 18.9. The SMILES string of the molecule is CCOC(=O)NC1CCCN(C(=O)CCC(=O)N2CCC(c3ccccc3)=N2)C1. The maximum atomic E-state index is 12.5. The van der Waals surface area contributed by atoms with Gasteiger partial charge in [0.2, 0.25) is 11.8 Å². The lowest BCUT2D eigenvalue weighted by atomic mass is 10.1. The highest BCUT2D eigenvalue weighted by atomic mass is 16.5. The number of benzene rings is 1. The number of carbonyl (C=O) groups is 3. The zero-order chi connectivity index (χ0) is 20.6. The molecule has 2 aliphatic rings. The quantitative estimate of drug-likeness (QED) is 0.792. The highest BCUT2D eigenvalue weighted by Gasteiger charge is 2.27. The van der Waals surface area contributed by atoms with Gasteiger partial charge in [0.25, 0.3) is 0 Å². The van der Waals surface area contributed by atoms with Gasteiger partial charge in [0, 0.05) is 38.4 Å². The molecule has 3 rings (SSSR count). The molecule has 0 bridgehead atoms. The Hall–Kier alpha value is -2.90. The molecule has 1 aromatic rings. The fourth-order valence-electron chi connectivity index (χ4n) is 3.63. The minimum atomic E-state index is -0.455. The van der Waals surface area contributed by atoms with E-state index in [1.165, 1.54) is 5.01 Å². The Morgan fingerprint density at radius 1 is 1.14 bits per heavy atom. The molecule has 1 atom stereocenters. The summed E-state index contributed by atoms with van der Waals surface area (Å²) in [6, 6.07) is 9.69. The van der Waals surface area contributed by atoms with Crippen molar-refractivity contribution in [2.24, 2.45) is 5.10 Å². The van der Waals surface area contributed by atoms with Crippen LogP contribution in [0.4, 0.5) is 4.79 Å². The molecule has 0 aliphatic carbocycles. The van der Waals surface area contributed by atoms with E-state index in [1.807, 2.05) is 30.3 Å². The molecule has 2 aliphatic heterocycles. The number of carbonyl (C=O) groups excluding carboxylic acids is 3. The maximum Gasteiger partial charge on any atom is 0.407 e. The van der Waals surface area contributed by atoms with Crippen LogP contribution in [0.5, 0.6) is 0 Å². The summed E-state index contributed by atoms with van der Waals surface area (Å²) in [7, 11) is 0. The molecule has 29 heavy (non-hydrogen) atoms. The van der Waals surface area contributed by atoms with Gasteiger partial charge in [-0.3, -0.25) is 9.59 Å². The standard InChI is InChI=1S/C21H28N4O4/c1-2-29-21(28)22-17-9-6-13-24(15-17)19(26)10-11-20(27)25-14-12-18(23-25)16-7-4-3-5-8-16/h3-5,7-8,17H,2,6,9-15H2,1H3,(H,22,28). The van der Waals surface area contributed by atoms with E-state index in [-0.39, 0.29) is 30.7 Å². The van der Waals surface area contributed by atoms with E-state index in [1.54, 1.807) is 11.8 Å². The van der Waals surface area contributed by atoms with Gasteiger partial charge in [0.05, 0.1) is 18.9 Å². The first-order chi connectivity index (χ1) is 14.1. The van der Waals surface area contributed by atoms with Crippen LogP contribution < -0.4 is 5.32 Å². The van der Waals surface area contributed by atoms with Gasteiger partial charge in [0.1, 0.15) is 0 Å². The zero-order valence-electron chi connectivity index (χ0n) is 16.8. The smallest absolute Gasteiger partial charge is 0.407 e. The number of nitrogens with zero attached hydrogens (tertiary/aromatic N) is 3. The second-order valence-corrected chi connectivity index (χ2v) is 7.22. The highest BCUT2D eigenvalue weighted by molar-refractivity contribution is 6.02. The first-order valence-corrected chi connectivity index (χ1v) is 10.2. The van der Waals surface area contributed by atoms with E-state index in [0.717, 1.165) is 30.5 Å². The lowest BCUT2D eigenvalue weighted by molar-refractivity contribution is -0.137. The van der Waals surface area contributed by atoms with Crippen LogP contribution in [0.2, 0.25) is 0 Å². The van der Waals surface area contributed by atoms with Gasteiger partial charge in [-0.25, -0.2) is 9.80 Å². The Labute approximate surface area is 170 Å². The van der Waals surface area contributed by atoms with Gasteiger partial charge >= 0.3 is 6.09 Å². The molecule has 0 saturated carbocycles. The molecule has 3 amide bonds. The zero-order valence-corrected chi connectivity index (χ0v) is 16.8. The summed E-state index contributed by atoms with van der Waals surface area (Å²) in [6.45, 7) is 3.71. The molecule has 8 nitrogen and oxygen atoms in total. The minimum absolute atomic E-state index is 0.0693. The van der Waals surface area contributed by atoms with Crippen molar-refractivity contribution < 1.29 is 19.1 Å². The van der Waals surface area contributed by atoms with Gasteiger partial charge in [-0.1, -0.05) is 30.3 Å². The van der Waals surface area contributed by atoms with Gasteiger partial charge in [-0.2, -0.15) is 5.10 Å². The number of rotatable bonds is 6. The van der Waals surface area contributed by atoms with Gasteiger partial charge in [-0.05, 0) is 25.3 Å². The first kappa shape index (κ1) is 20.8. The van der Waals surface area contributed by atoms with Crippen LogP contribution in [-0.4, -0.2) is 65.8 Å². The van der Waals surface area contributed by atoms with Crippen LogP contribution in [0.25, 0.3) is 0 Å². The first-order valence-electron chi connectivity index (χ1n) is 10.2. The average Bonchev–Trinajstić information content (AvgIpc) is 3.23. The van der Waals surface area contributed by atoms with E-state index in [2.05, 4.69) is 10.4 Å². The third-order valence-electron chi connectivity index (χ3n) is 5.12. The van der Waals surface area contributed by atoms with Crippen molar-refractivity contribution >= 4 is 23.6 Å². The van der Waals surface area contributed by atoms with E-state index >= 15 is 0 Å². The van der Waals surface area contributed by atoms with Gasteiger partial charge in [-0.15, -0.1) is 0 Å². The average molecular weight is 400 g/mol. The van der Waals surface area contributed by atoms with E-state index in [9.17, 15) is 14.4 Å². The molecular formula is C21H28N4O4. The van der Waals surface area contributed by atoms with Crippen LogP contribution in [0, 0.1) is 0 Å². The number of hydrogen-bond donors (Lipinski definition) is 1. The molecule has 156 valence electrons. The molecular weight excluding hydrogens is 372 g/mol. The summed E-state index contributed by atoms with van der Waals surface area (Å²) in [4.78, 5) is 38.3. The van der Waals surface area contributed by atoms with Crippen molar-refractivity contribution in [2.75, 3.05) is 26.2 Å². The van der Waals surface area contributed by atoms with Crippen molar-refractivity contribution in [1.82, 2.24) is 15.2 Å². The summed E-state index contributed by atoms with van der Waals surface area (Å²) in [5, 5.41) is 8.68. The van der Waals surface area contributed by atoms with Crippen molar-refractivity contribution in [3.05, 3.63) is 35.9 Å². The van der Waals surface area contributed by atoms with Gasteiger partial charge in [0.15, 0.2) is 0 Å². The molecule has 0 aromatic heterocycles. The molecule has 1 N–H and O–H groups in total. The highest BCUT2D eigenvalue weighted by Crippen LogP contribution is 2.16. The number of amides is 3. The Morgan fingerprint density at radius 2 is 1.90 bits per heavy atom. The Balaban J connectivity index is 1.46. The monoisotopic (exact) mass is 400 g/mol. The Morgan fingerprint density at radius 3 is 2.66 bits per heavy atom. The van der Waals surface area contributed by atoms with Crippen molar-refractivity contribution in [3.63, 3.8) is 0 Å². The minimum Gasteiger partial charge on any atom is -0.450 e. The van der Waals surface area contributed by atoms with Crippen LogP contribution >= 0.6 is 0 Å². The molecule has 0 radical (unpaired) electrons. The summed E-state index contributed by atoms with van der Waals surface area (Å²) in [5.41, 5.74) is 1.92. The molecule has 1 fully saturated rings. The number of ether oxygens (including phenoxy) is 1. The van der Waals surface area contributed by atoms with Crippen molar-refractivity contribution in [1.29, 1.82) is 0 Å². The van der Waals surface area contributed by atoms with Gasteiger partial charge < -0.3 is 15.0 Å². The Bertz CT molecular complexity index is 765. The summed E-state index contributed by atoms with van der Waals surface area (Å²) in [5.74, 6) is -0.206. The molecule has 1 aromatic carbocycles. The molecule has 0 spiro atoms. The second-order valence-electron chi connectivity index (χ2n) is 7.22. The van der Waals surface area contributed by atoms with E-state index in [4.69, 9.17) is 4.74 Å². The van der Waals surface area contributed by atoms with E-state index < -0.39 is 6.09 Å². The van der Waals surface area contributed by atoms with E-state index in [0.29, 0.717) is 26.2 Å². The molecule has 2 heterocycles. The molecule has 1 unspecified atom stereocenters. The summed E-state index contributed by atoms with van der Waals surface area (Å²) >= 11 is 0. The number of piperidine rings is 1. The van der Waals surface area contributed by atoms with Crippen LogP contribution in [0.3, 0.4) is 0 Å². The second kappa shape index (κ2) is 10.0. The van der Waals surface area contributed by atoms with Crippen LogP contribution in [0.1, 0.15) is 44.6 Å². The predicted octanol–water partition coefficient (Wildman–Crippen LogP) is 2.14. The number of alkyl carbamates (subject to hydrolysis) is 1. The molecule has 8 heteroatoms. The Kier molecular flexibility index (Phi) is 7.21. The van der Waals surface area contributed by atoms with Crippen LogP contribution in [-0.2, 0) is 14.3 Å². The van der Waals surface area contributed by atoms with Crippen LogP contribution in [0.15, 0.2) is 35.4 Å². The number of likely N-dealkylation sites (tertiary alicyclic amines) is 1. The lowest BCUT2D eigenvalue weighted by Crippen LogP contribution is -2.49. The third kappa shape index (κ3) is 5.79. The topological polar surface area (TPSA) is 91.3 Å². The number of hydrogen-bond acceptors (Lipinski definition) is 5. The number of nitrogens with one attached hydrogen (secondary N) is 1. The largest absolute Gasteiger partial charge is 0.450 e. The molecule has 1 saturated heterocycles. The lowest BCUT2D eigenvalue weighted by Gasteiger charge is -2.33. The predicted molar refractivity (Wildman–Crippen MR) is 108 cm³/mol. The summed E-state index contributed by atoms with van der Waals surface area (Å²) < 4.78 is 4.90. The number of hydrazone groups is 1. The van der Waals surface area contributed by atoms with Crippen molar-refractivity contribution in [3.8, 4) is 0 Å².